The van der Waals surface area contributed by atoms with Gasteiger partial charge in [0.1, 0.15) is 5.82 Å². The molecule has 0 bridgehead atoms. The van der Waals surface area contributed by atoms with Gasteiger partial charge in [0.2, 0.25) is 0 Å². The molecule has 1 aliphatic rings. The van der Waals surface area contributed by atoms with Gasteiger partial charge in [-0.3, -0.25) is 4.79 Å². The van der Waals surface area contributed by atoms with Crippen molar-refractivity contribution in [1.29, 1.82) is 0 Å². The Morgan fingerprint density at radius 3 is 2.72 bits per heavy atom. The van der Waals surface area contributed by atoms with Crippen LogP contribution >= 0.6 is 15.9 Å². The van der Waals surface area contributed by atoms with Crippen LogP contribution in [0.1, 0.15) is 31.2 Å². The number of rotatable bonds is 5. The predicted molar refractivity (Wildman–Crippen MR) is 73.1 cm³/mol. The summed E-state index contributed by atoms with van der Waals surface area (Å²) >= 11 is 3.23. The molecule has 2 rings (SSSR count). The van der Waals surface area contributed by atoms with E-state index in [4.69, 9.17) is 0 Å². The third-order valence-corrected chi connectivity index (χ3v) is 3.72. The molecule has 0 unspecified atom stereocenters. The standard InChI is InChI=1S/C14H17BrFNO/c15-11-5-10(6-12(16)8-11)7-14(18)9-17-13-3-1-2-4-13/h5-6,8,13,17H,1-4,7,9H2. The maximum absolute atomic E-state index is 13.2. The molecule has 4 heteroatoms. The molecule has 18 heavy (non-hydrogen) atoms. The van der Waals surface area contributed by atoms with Gasteiger partial charge in [-0.2, -0.15) is 0 Å². The first-order valence-corrected chi connectivity index (χ1v) is 7.13. The van der Waals surface area contributed by atoms with Crippen molar-refractivity contribution in [2.45, 2.75) is 38.1 Å². The lowest BCUT2D eigenvalue weighted by atomic mass is 10.1. The lowest BCUT2D eigenvalue weighted by Crippen LogP contribution is -2.32. The zero-order chi connectivity index (χ0) is 13.0. The van der Waals surface area contributed by atoms with Gasteiger partial charge >= 0.3 is 0 Å². The molecule has 0 aliphatic heterocycles. The highest BCUT2D eigenvalue weighted by Gasteiger charge is 2.15. The van der Waals surface area contributed by atoms with Crippen molar-refractivity contribution in [3.63, 3.8) is 0 Å². The molecule has 0 amide bonds. The molecule has 0 saturated heterocycles. The van der Waals surface area contributed by atoms with Crippen LogP contribution < -0.4 is 5.32 Å². The van der Waals surface area contributed by atoms with Crippen LogP contribution in [0.2, 0.25) is 0 Å². The molecule has 1 saturated carbocycles. The SMILES string of the molecule is O=C(CNC1CCCC1)Cc1cc(F)cc(Br)c1. The van der Waals surface area contributed by atoms with Crippen molar-refractivity contribution in [3.8, 4) is 0 Å². The van der Waals surface area contributed by atoms with Crippen LogP contribution in [0.3, 0.4) is 0 Å². The first-order valence-electron chi connectivity index (χ1n) is 6.33. The molecular formula is C14H17BrFNO. The van der Waals surface area contributed by atoms with Crippen molar-refractivity contribution in [2.75, 3.05) is 6.54 Å². The van der Waals surface area contributed by atoms with E-state index in [1.165, 1.54) is 37.8 Å². The Bertz CT molecular complexity index is 410. The fraction of sp³-hybridized carbons (Fsp3) is 0.500. The van der Waals surface area contributed by atoms with E-state index in [9.17, 15) is 9.18 Å². The quantitative estimate of drug-likeness (QED) is 0.904. The van der Waals surface area contributed by atoms with Crippen LogP contribution in [0.25, 0.3) is 0 Å². The molecular weight excluding hydrogens is 297 g/mol. The zero-order valence-electron chi connectivity index (χ0n) is 10.2. The maximum atomic E-state index is 13.2. The Morgan fingerprint density at radius 2 is 2.06 bits per heavy atom. The minimum atomic E-state index is -0.309. The Hall–Kier alpha value is -0.740. The fourth-order valence-electron chi connectivity index (χ4n) is 2.39. The Labute approximate surface area is 115 Å². The van der Waals surface area contributed by atoms with Gasteiger partial charge in [0.05, 0.1) is 6.54 Å². The van der Waals surface area contributed by atoms with Gasteiger partial charge in [-0.15, -0.1) is 0 Å². The summed E-state index contributed by atoms with van der Waals surface area (Å²) in [6.45, 7) is 0.388. The summed E-state index contributed by atoms with van der Waals surface area (Å²) in [6, 6.07) is 5.09. The topological polar surface area (TPSA) is 29.1 Å². The van der Waals surface area contributed by atoms with E-state index in [-0.39, 0.29) is 18.0 Å². The van der Waals surface area contributed by atoms with Crippen LogP contribution in [0.15, 0.2) is 22.7 Å². The summed E-state index contributed by atoms with van der Waals surface area (Å²) in [5, 5.41) is 3.28. The largest absolute Gasteiger partial charge is 0.307 e. The number of halogens is 2. The minimum absolute atomic E-state index is 0.111. The van der Waals surface area contributed by atoms with E-state index in [1.54, 1.807) is 6.07 Å². The van der Waals surface area contributed by atoms with Gasteiger partial charge in [-0.1, -0.05) is 28.8 Å². The molecule has 98 valence electrons. The number of hydrogen-bond acceptors (Lipinski definition) is 2. The van der Waals surface area contributed by atoms with Crippen LogP contribution in [0, 0.1) is 5.82 Å². The number of carbonyl (C=O) groups excluding carboxylic acids is 1. The fourth-order valence-corrected chi connectivity index (χ4v) is 2.90. The van der Waals surface area contributed by atoms with Crippen LogP contribution in [-0.4, -0.2) is 18.4 Å². The van der Waals surface area contributed by atoms with E-state index in [0.29, 0.717) is 17.1 Å². The van der Waals surface area contributed by atoms with Crippen molar-refractivity contribution in [1.82, 2.24) is 5.32 Å². The number of carbonyl (C=O) groups is 1. The van der Waals surface area contributed by atoms with E-state index < -0.39 is 0 Å². The van der Waals surface area contributed by atoms with Gasteiger partial charge in [0, 0.05) is 16.9 Å². The number of ketones is 1. The molecule has 1 fully saturated rings. The summed E-state index contributed by atoms with van der Waals surface area (Å²) < 4.78 is 13.8. The average molecular weight is 314 g/mol. The van der Waals surface area contributed by atoms with Crippen LogP contribution in [-0.2, 0) is 11.2 Å². The predicted octanol–water partition coefficient (Wildman–Crippen LogP) is 3.23. The summed E-state index contributed by atoms with van der Waals surface area (Å²) in [5.74, 6) is -0.199. The number of benzene rings is 1. The second kappa shape index (κ2) is 6.43. The number of nitrogens with one attached hydrogen (secondary N) is 1. The second-order valence-electron chi connectivity index (χ2n) is 4.86. The summed E-state index contributed by atoms with van der Waals surface area (Å²) in [7, 11) is 0. The van der Waals surface area contributed by atoms with Crippen molar-refractivity contribution < 1.29 is 9.18 Å². The molecule has 0 aromatic heterocycles. The lowest BCUT2D eigenvalue weighted by molar-refractivity contribution is -0.117. The van der Waals surface area contributed by atoms with Crippen LogP contribution in [0.4, 0.5) is 4.39 Å². The smallest absolute Gasteiger partial charge is 0.150 e. The summed E-state index contributed by atoms with van der Waals surface area (Å²) in [6.07, 6.45) is 5.12. The van der Waals surface area contributed by atoms with E-state index >= 15 is 0 Å². The highest BCUT2D eigenvalue weighted by Crippen LogP contribution is 2.18. The summed E-state index contributed by atoms with van der Waals surface area (Å²) in [4.78, 5) is 11.8. The van der Waals surface area contributed by atoms with Crippen LogP contribution in [0.5, 0.6) is 0 Å². The normalized spacial score (nSPS) is 16.1. The molecule has 0 heterocycles. The third kappa shape index (κ3) is 4.18. The Morgan fingerprint density at radius 1 is 1.33 bits per heavy atom. The van der Waals surface area contributed by atoms with Crippen molar-refractivity contribution in [2.24, 2.45) is 0 Å². The molecule has 2 nitrogen and oxygen atoms in total. The Balaban J connectivity index is 1.82. The highest BCUT2D eigenvalue weighted by molar-refractivity contribution is 9.10. The monoisotopic (exact) mass is 313 g/mol. The molecule has 0 radical (unpaired) electrons. The van der Waals surface area contributed by atoms with Gasteiger partial charge < -0.3 is 5.32 Å². The van der Waals surface area contributed by atoms with Gasteiger partial charge in [-0.25, -0.2) is 4.39 Å². The van der Waals surface area contributed by atoms with Crippen molar-refractivity contribution in [3.05, 3.63) is 34.1 Å². The van der Waals surface area contributed by atoms with Gasteiger partial charge in [-0.05, 0) is 36.6 Å². The number of hydrogen-bond donors (Lipinski definition) is 1. The van der Waals surface area contributed by atoms with Gasteiger partial charge in [0.25, 0.3) is 0 Å². The molecule has 0 atom stereocenters. The average Bonchev–Trinajstić information content (AvgIpc) is 2.77. The third-order valence-electron chi connectivity index (χ3n) is 3.27. The Kier molecular flexibility index (Phi) is 4.89. The van der Waals surface area contributed by atoms with E-state index in [0.717, 1.165) is 5.56 Å². The second-order valence-corrected chi connectivity index (χ2v) is 5.77. The van der Waals surface area contributed by atoms with Gasteiger partial charge in [0.15, 0.2) is 5.78 Å². The zero-order valence-corrected chi connectivity index (χ0v) is 11.8. The van der Waals surface area contributed by atoms with E-state index in [1.807, 2.05) is 0 Å². The lowest BCUT2D eigenvalue weighted by Gasteiger charge is -2.10. The highest BCUT2D eigenvalue weighted by atomic mass is 79.9. The first kappa shape index (κ1) is 13.7. The first-order chi connectivity index (χ1) is 8.63. The molecule has 0 spiro atoms. The van der Waals surface area contributed by atoms with Crippen molar-refractivity contribution >= 4 is 21.7 Å². The molecule has 1 aromatic rings. The molecule has 1 N–H and O–H groups in total. The molecule has 1 aliphatic carbocycles. The maximum Gasteiger partial charge on any atom is 0.150 e. The van der Waals surface area contributed by atoms with E-state index in [2.05, 4.69) is 21.2 Å². The number of Topliss-reactive ketones (excluding diaryl/α,β-unsaturated/α-hetero) is 1. The minimum Gasteiger partial charge on any atom is -0.307 e. The summed E-state index contributed by atoms with van der Waals surface area (Å²) in [5.41, 5.74) is 0.722. The molecule has 1 aromatic carbocycles.